The number of carboxylic acids is 1. The van der Waals surface area contributed by atoms with Gasteiger partial charge in [0.25, 0.3) is 0 Å². The van der Waals surface area contributed by atoms with Gasteiger partial charge in [0.2, 0.25) is 5.91 Å². The topological polar surface area (TPSA) is 87.7 Å². The van der Waals surface area contributed by atoms with Gasteiger partial charge in [0.05, 0.1) is 5.60 Å². The molecule has 18 heavy (non-hydrogen) atoms. The zero-order valence-corrected chi connectivity index (χ0v) is 11.2. The van der Waals surface area contributed by atoms with Gasteiger partial charge in [0.15, 0.2) is 0 Å². The molecule has 0 aromatic carbocycles. The molecule has 1 heterocycles. The number of amides is 1. The van der Waals surface area contributed by atoms with Crippen LogP contribution in [0.3, 0.4) is 0 Å². The molecule has 6 nitrogen and oxygen atoms in total. The van der Waals surface area contributed by atoms with Gasteiger partial charge in [-0.1, -0.05) is 0 Å². The van der Waals surface area contributed by atoms with E-state index in [1.807, 2.05) is 6.92 Å². The Morgan fingerprint density at radius 3 is 2.50 bits per heavy atom. The van der Waals surface area contributed by atoms with Crippen molar-refractivity contribution in [2.24, 2.45) is 0 Å². The maximum absolute atomic E-state index is 11.7. The van der Waals surface area contributed by atoms with Gasteiger partial charge in [-0.25, -0.2) is 0 Å². The van der Waals surface area contributed by atoms with Crippen molar-refractivity contribution in [3.8, 4) is 0 Å². The molecule has 0 atom stereocenters. The number of carbonyl (C=O) groups is 2. The maximum atomic E-state index is 11.7. The molecule has 1 aliphatic heterocycles. The van der Waals surface area contributed by atoms with Crippen molar-refractivity contribution in [3.05, 3.63) is 0 Å². The molecule has 0 radical (unpaired) electrons. The van der Waals surface area contributed by atoms with E-state index in [-0.39, 0.29) is 24.5 Å². The van der Waals surface area contributed by atoms with Crippen LogP contribution < -0.4 is 10.6 Å². The first-order valence-corrected chi connectivity index (χ1v) is 6.10. The Kier molecular flexibility index (Phi) is 4.70. The lowest BCUT2D eigenvalue weighted by Crippen LogP contribution is -2.60. The molecule has 1 aliphatic rings. The molecule has 3 N–H and O–H groups in total. The quantitative estimate of drug-likeness (QED) is 0.604. The number of carbonyl (C=O) groups excluding carboxylic acids is 1. The second kappa shape index (κ2) is 5.67. The molecule has 1 rings (SSSR count). The van der Waals surface area contributed by atoms with Gasteiger partial charge in [-0.05, 0) is 27.2 Å². The van der Waals surface area contributed by atoms with Crippen molar-refractivity contribution in [1.82, 2.24) is 10.6 Å². The fourth-order valence-electron chi connectivity index (χ4n) is 1.71. The van der Waals surface area contributed by atoms with Crippen LogP contribution in [0, 0.1) is 0 Å². The molecular formula is C12H22N2O4. The van der Waals surface area contributed by atoms with E-state index in [0.29, 0.717) is 6.42 Å². The maximum Gasteiger partial charge on any atom is 0.303 e. The van der Waals surface area contributed by atoms with Crippen LogP contribution in [0.5, 0.6) is 0 Å². The summed E-state index contributed by atoms with van der Waals surface area (Å²) in [5, 5.41) is 14.5. The Balaban J connectivity index is 2.27. The van der Waals surface area contributed by atoms with E-state index in [2.05, 4.69) is 10.6 Å². The number of aliphatic carboxylic acids is 1. The minimum atomic E-state index is -0.860. The highest BCUT2D eigenvalue weighted by Crippen LogP contribution is 2.15. The van der Waals surface area contributed by atoms with E-state index in [4.69, 9.17) is 9.84 Å². The van der Waals surface area contributed by atoms with Crippen molar-refractivity contribution in [1.29, 1.82) is 0 Å². The van der Waals surface area contributed by atoms with Crippen LogP contribution in [0.4, 0.5) is 0 Å². The van der Waals surface area contributed by atoms with Crippen molar-refractivity contribution < 1.29 is 19.4 Å². The van der Waals surface area contributed by atoms with Crippen molar-refractivity contribution in [2.45, 2.75) is 44.8 Å². The van der Waals surface area contributed by atoms with Crippen LogP contribution >= 0.6 is 0 Å². The van der Waals surface area contributed by atoms with Crippen molar-refractivity contribution >= 4 is 11.9 Å². The predicted octanol–water partition coefficient (Wildman–Crippen LogP) is 0.125. The van der Waals surface area contributed by atoms with Crippen LogP contribution in [0.15, 0.2) is 0 Å². The smallest absolute Gasteiger partial charge is 0.303 e. The van der Waals surface area contributed by atoms with Gasteiger partial charge < -0.3 is 20.5 Å². The highest BCUT2D eigenvalue weighted by atomic mass is 16.5. The summed E-state index contributed by atoms with van der Waals surface area (Å²) in [4.78, 5) is 22.2. The second-order valence-corrected chi connectivity index (χ2v) is 5.67. The Hall–Kier alpha value is -1.14. The number of rotatable bonds is 7. The van der Waals surface area contributed by atoms with E-state index < -0.39 is 11.5 Å². The lowest BCUT2D eigenvalue weighted by atomic mass is 9.98. The van der Waals surface area contributed by atoms with Gasteiger partial charge in [0.1, 0.15) is 6.61 Å². The first-order chi connectivity index (χ1) is 8.22. The molecule has 0 bridgehead atoms. The fraction of sp³-hybridized carbons (Fsp3) is 0.833. The van der Waals surface area contributed by atoms with Gasteiger partial charge in [-0.15, -0.1) is 0 Å². The number of carboxylic acid groups (broad SMARTS) is 1. The molecule has 0 aliphatic carbocycles. The third-order valence-corrected chi connectivity index (χ3v) is 2.99. The monoisotopic (exact) mass is 258 g/mol. The third kappa shape index (κ3) is 5.01. The third-order valence-electron chi connectivity index (χ3n) is 2.99. The number of hydrogen-bond donors (Lipinski definition) is 3. The average Bonchev–Trinajstić information content (AvgIpc) is 2.20. The van der Waals surface area contributed by atoms with Crippen LogP contribution in [0.2, 0.25) is 0 Å². The lowest BCUT2D eigenvalue weighted by Gasteiger charge is -2.39. The number of nitrogens with one attached hydrogen (secondary N) is 2. The summed E-state index contributed by atoms with van der Waals surface area (Å²) in [5.74, 6) is -1.07. The van der Waals surface area contributed by atoms with Crippen LogP contribution in [0.25, 0.3) is 0 Å². The molecule has 1 saturated heterocycles. The Labute approximate surface area is 107 Å². The summed E-state index contributed by atoms with van der Waals surface area (Å²) in [7, 11) is 0. The lowest BCUT2D eigenvalue weighted by molar-refractivity contribution is -0.140. The van der Waals surface area contributed by atoms with Gasteiger partial charge >= 0.3 is 5.97 Å². The van der Waals surface area contributed by atoms with Crippen LogP contribution in [-0.4, -0.2) is 47.8 Å². The molecule has 6 heteroatoms. The first-order valence-electron chi connectivity index (χ1n) is 6.10. The standard InChI is InChI=1S/C12H22N2O4/c1-11(2,5-4-10(16)17)14-9(15)6-18-12(3)7-13-8-12/h13H,4-8H2,1-3H3,(H,14,15)(H,16,17). The van der Waals surface area contributed by atoms with E-state index in [9.17, 15) is 9.59 Å². The molecule has 1 fully saturated rings. The largest absolute Gasteiger partial charge is 0.481 e. The van der Waals surface area contributed by atoms with Crippen molar-refractivity contribution in [2.75, 3.05) is 19.7 Å². The SMILES string of the molecule is CC(C)(CCC(=O)O)NC(=O)COC1(C)CNC1. The van der Waals surface area contributed by atoms with Crippen LogP contribution in [0.1, 0.15) is 33.6 Å². The fourth-order valence-corrected chi connectivity index (χ4v) is 1.71. The molecule has 104 valence electrons. The first kappa shape index (κ1) is 14.9. The molecule has 0 aromatic rings. The van der Waals surface area contributed by atoms with E-state index in [0.717, 1.165) is 13.1 Å². The summed E-state index contributed by atoms with van der Waals surface area (Å²) in [6.07, 6.45) is 0.433. The molecular weight excluding hydrogens is 236 g/mol. The zero-order valence-electron chi connectivity index (χ0n) is 11.2. The summed E-state index contributed by atoms with van der Waals surface area (Å²) in [6.45, 7) is 7.08. The summed E-state index contributed by atoms with van der Waals surface area (Å²) < 4.78 is 5.51. The predicted molar refractivity (Wildman–Crippen MR) is 66.3 cm³/mol. The molecule has 0 unspecified atom stereocenters. The van der Waals surface area contributed by atoms with Gasteiger partial charge in [0, 0.05) is 25.0 Å². The van der Waals surface area contributed by atoms with E-state index in [1.165, 1.54) is 0 Å². The summed E-state index contributed by atoms with van der Waals surface area (Å²) in [5.41, 5.74) is -0.778. The summed E-state index contributed by atoms with van der Waals surface area (Å²) >= 11 is 0. The van der Waals surface area contributed by atoms with E-state index >= 15 is 0 Å². The number of hydrogen-bond acceptors (Lipinski definition) is 4. The number of ether oxygens (including phenoxy) is 1. The van der Waals surface area contributed by atoms with Gasteiger partial charge in [-0.2, -0.15) is 0 Å². The molecule has 0 aromatic heterocycles. The van der Waals surface area contributed by atoms with Crippen LogP contribution in [-0.2, 0) is 14.3 Å². The normalized spacial score (nSPS) is 17.9. The Bertz CT molecular complexity index is 324. The summed E-state index contributed by atoms with van der Waals surface area (Å²) in [6, 6.07) is 0. The van der Waals surface area contributed by atoms with E-state index in [1.54, 1.807) is 13.8 Å². The minimum Gasteiger partial charge on any atom is -0.481 e. The molecule has 0 saturated carbocycles. The highest BCUT2D eigenvalue weighted by Gasteiger charge is 2.33. The average molecular weight is 258 g/mol. The highest BCUT2D eigenvalue weighted by molar-refractivity contribution is 5.78. The Morgan fingerprint density at radius 1 is 1.44 bits per heavy atom. The van der Waals surface area contributed by atoms with Gasteiger partial charge in [-0.3, -0.25) is 9.59 Å². The molecule has 0 spiro atoms. The molecule has 1 amide bonds. The second-order valence-electron chi connectivity index (χ2n) is 5.67. The zero-order chi connectivity index (χ0) is 13.8. The minimum absolute atomic E-state index is 0.00861. The Morgan fingerprint density at radius 2 is 2.06 bits per heavy atom. The van der Waals surface area contributed by atoms with Crippen molar-refractivity contribution in [3.63, 3.8) is 0 Å².